The molecular weight excluding hydrogens is 306 g/mol. The molecule has 2 aromatic carbocycles. The van der Waals surface area contributed by atoms with E-state index in [2.05, 4.69) is 0 Å². The quantitative estimate of drug-likeness (QED) is 0.788. The van der Waals surface area contributed by atoms with Crippen LogP contribution in [0.4, 0.5) is 4.79 Å². The molecule has 3 rings (SSSR count). The van der Waals surface area contributed by atoms with Gasteiger partial charge in [0.15, 0.2) is 0 Å². The predicted octanol–water partition coefficient (Wildman–Crippen LogP) is 4.27. The summed E-state index contributed by atoms with van der Waals surface area (Å²) in [5, 5.41) is -0.190. The third-order valence-electron chi connectivity index (χ3n) is 3.72. The van der Waals surface area contributed by atoms with Crippen LogP contribution in [0, 0.1) is 6.92 Å². The highest BCUT2D eigenvalue weighted by atomic mass is 32.2. The van der Waals surface area contributed by atoms with Crippen LogP contribution in [0.5, 0.6) is 0 Å². The first-order chi connectivity index (χ1) is 11.1. The highest BCUT2D eigenvalue weighted by Gasteiger charge is 2.34. The average molecular weight is 323 g/mol. The van der Waals surface area contributed by atoms with E-state index < -0.39 is 0 Å². The monoisotopic (exact) mass is 323 g/mol. The lowest BCUT2D eigenvalue weighted by molar-refractivity contribution is -0.122. The predicted molar refractivity (Wildman–Crippen MR) is 94.0 cm³/mol. The molecule has 0 N–H and O–H groups in total. The van der Waals surface area contributed by atoms with Gasteiger partial charge in [-0.1, -0.05) is 60.2 Å². The Morgan fingerprint density at radius 2 is 1.70 bits per heavy atom. The van der Waals surface area contributed by atoms with Crippen molar-refractivity contribution in [3.63, 3.8) is 0 Å². The van der Waals surface area contributed by atoms with Crippen molar-refractivity contribution in [1.29, 1.82) is 0 Å². The Kier molecular flexibility index (Phi) is 4.63. The lowest BCUT2D eigenvalue weighted by Gasteiger charge is -2.12. The zero-order valence-corrected chi connectivity index (χ0v) is 13.7. The number of hydrogen-bond acceptors (Lipinski definition) is 3. The smallest absolute Gasteiger partial charge is 0.268 e. The van der Waals surface area contributed by atoms with E-state index in [-0.39, 0.29) is 11.1 Å². The number of rotatable bonds is 4. The number of nitrogens with zero attached hydrogens (tertiary/aromatic N) is 1. The van der Waals surface area contributed by atoms with E-state index in [1.165, 1.54) is 4.90 Å². The van der Waals surface area contributed by atoms with Crippen molar-refractivity contribution < 1.29 is 9.59 Å². The van der Waals surface area contributed by atoms with Gasteiger partial charge < -0.3 is 0 Å². The Hall–Kier alpha value is -2.33. The lowest BCUT2D eigenvalue weighted by atomic mass is 10.1. The molecule has 0 aliphatic carbocycles. The van der Waals surface area contributed by atoms with Gasteiger partial charge in [0.1, 0.15) is 0 Å². The van der Waals surface area contributed by atoms with Gasteiger partial charge in [-0.05, 0) is 42.3 Å². The number of carbonyl (C=O) groups excluding carboxylic acids is 2. The molecule has 0 atom stereocenters. The molecule has 1 heterocycles. The molecule has 2 aromatic rings. The van der Waals surface area contributed by atoms with Gasteiger partial charge in [-0.2, -0.15) is 0 Å². The van der Waals surface area contributed by atoms with Gasteiger partial charge in [0.2, 0.25) is 0 Å². The summed E-state index contributed by atoms with van der Waals surface area (Å²) in [6, 6.07) is 17.8. The molecular formula is C19H17NO2S. The van der Waals surface area contributed by atoms with Crippen molar-refractivity contribution in [3.05, 3.63) is 76.2 Å². The van der Waals surface area contributed by atoms with Crippen LogP contribution in [0.15, 0.2) is 59.5 Å². The average Bonchev–Trinajstić information content (AvgIpc) is 2.82. The summed E-state index contributed by atoms with van der Waals surface area (Å²) >= 11 is 1.01. The van der Waals surface area contributed by atoms with Gasteiger partial charge in [-0.25, -0.2) is 0 Å². The first-order valence-corrected chi connectivity index (χ1v) is 8.31. The number of benzene rings is 2. The first-order valence-electron chi connectivity index (χ1n) is 7.49. The maximum Gasteiger partial charge on any atom is 0.293 e. The highest BCUT2D eigenvalue weighted by Crippen LogP contribution is 2.32. The number of hydrogen-bond donors (Lipinski definition) is 0. The SMILES string of the molecule is Cc1ccc(/C=C2/SC(=O)N(CCc3ccccc3)C2=O)cc1. The molecule has 0 aromatic heterocycles. The van der Waals surface area contributed by atoms with Crippen LogP contribution >= 0.6 is 11.8 Å². The van der Waals surface area contributed by atoms with E-state index in [0.29, 0.717) is 17.9 Å². The molecule has 1 fully saturated rings. The van der Waals surface area contributed by atoms with Gasteiger partial charge in [0.05, 0.1) is 4.91 Å². The molecule has 0 bridgehead atoms. The van der Waals surface area contributed by atoms with Crippen LogP contribution in [0.3, 0.4) is 0 Å². The van der Waals surface area contributed by atoms with E-state index >= 15 is 0 Å². The van der Waals surface area contributed by atoms with Gasteiger partial charge in [-0.3, -0.25) is 14.5 Å². The molecule has 23 heavy (non-hydrogen) atoms. The third kappa shape index (κ3) is 3.71. The van der Waals surface area contributed by atoms with Crippen LogP contribution in [0.2, 0.25) is 0 Å². The van der Waals surface area contributed by atoms with Crippen LogP contribution in [-0.2, 0) is 11.2 Å². The standard InChI is InChI=1S/C19H17NO2S/c1-14-7-9-16(10-8-14)13-17-18(21)20(19(22)23-17)12-11-15-5-3-2-4-6-15/h2-10,13H,11-12H2,1H3/b17-13+. The number of carbonyl (C=O) groups is 2. The Labute approximate surface area is 140 Å². The summed E-state index contributed by atoms with van der Waals surface area (Å²) in [6.07, 6.45) is 2.46. The summed E-state index contributed by atoms with van der Waals surface area (Å²) in [4.78, 5) is 26.3. The topological polar surface area (TPSA) is 37.4 Å². The third-order valence-corrected chi connectivity index (χ3v) is 4.62. The second kappa shape index (κ2) is 6.84. The summed E-state index contributed by atoms with van der Waals surface area (Å²) in [5.41, 5.74) is 3.22. The summed E-state index contributed by atoms with van der Waals surface area (Å²) in [7, 11) is 0. The molecule has 116 valence electrons. The Balaban J connectivity index is 1.71. The molecule has 1 aliphatic rings. The fourth-order valence-electron chi connectivity index (χ4n) is 2.39. The number of amides is 2. The van der Waals surface area contributed by atoms with Crippen LogP contribution in [0.1, 0.15) is 16.7 Å². The zero-order chi connectivity index (χ0) is 16.2. The van der Waals surface area contributed by atoms with E-state index in [0.717, 1.165) is 28.5 Å². The fourth-order valence-corrected chi connectivity index (χ4v) is 3.26. The molecule has 1 saturated heterocycles. The van der Waals surface area contributed by atoms with Gasteiger partial charge in [-0.15, -0.1) is 0 Å². The molecule has 0 spiro atoms. The van der Waals surface area contributed by atoms with E-state index in [4.69, 9.17) is 0 Å². The van der Waals surface area contributed by atoms with Crippen molar-refractivity contribution in [2.45, 2.75) is 13.3 Å². The summed E-state index contributed by atoms with van der Waals surface area (Å²) in [5.74, 6) is -0.198. The van der Waals surface area contributed by atoms with Crippen LogP contribution < -0.4 is 0 Å². The second-order valence-corrected chi connectivity index (χ2v) is 6.47. The highest BCUT2D eigenvalue weighted by molar-refractivity contribution is 8.18. The van der Waals surface area contributed by atoms with Gasteiger partial charge >= 0.3 is 0 Å². The number of aryl methyl sites for hydroxylation is 1. The lowest BCUT2D eigenvalue weighted by Crippen LogP contribution is -2.30. The Morgan fingerprint density at radius 3 is 2.39 bits per heavy atom. The van der Waals surface area contributed by atoms with Gasteiger partial charge in [0, 0.05) is 6.54 Å². The van der Waals surface area contributed by atoms with Crippen molar-refractivity contribution in [3.8, 4) is 0 Å². The summed E-state index contributed by atoms with van der Waals surface area (Å²) < 4.78 is 0. The maximum atomic E-state index is 12.4. The molecule has 4 heteroatoms. The van der Waals surface area contributed by atoms with Gasteiger partial charge in [0.25, 0.3) is 11.1 Å². The molecule has 1 aliphatic heterocycles. The number of thioether (sulfide) groups is 1. The largest absolute Gasteiger partial charge is 0.293 e. The fraction of sp³-hybridized carbons (Fsp3) is 0.158. The summed E-state index contributed by atoms with van der Waals surface area (Å²) in [6.45, 7) is 2.43. The normalized spacial score (nSPS) is 16.4. The maximum absolute atomic E-state index is 12.4. The van der Waals surface area contributed by atoms with Crippen molar-refractivity contribution >= 4 is 29.0 Å². The number of imide groups is 1. The molecule has 0 unspecified atom stereocenters. The minimum absolute atomic E-state index is 0.190. The van der Waals surface area contributed by atoms with E-state index in [9.17, 15) is 9.59 Å². The Morgan fingerprint density at radius 1 is 1.00 bits per heavy atom. The van der Waals surface area contributed by atoms with E-state index in [1.54, 1.807) is 6.08 Å². The van der Waals surface area contributed by atoms with Crippen LogP contribution in [0.25, 0.3) is 6.08 Å². The molecule has 0 radical (unpaired) electrons. The minimum Gasteiger partial charge on any atom is -0.268 e. The van der Waals surface area contributed by atoms with Crippen molar-refractivity contribution in [2.24, 2.45) is 0 Å². The van der Waals surface area contributed by atoms with Crippen molar-refractivity contribution in [2.75, 3.05) is 6.54 Å². The second-order valence-electron chi connectivity index (χ2n) is 5.48. The Bertz CT molecular complexity index is 751. The minimum atomic E-state index is -0.198. The first kappa shape index (κ1) is 15.6. The molecule has 0 saturated carbocycles. The van der Waals surface area contributed by atoms with Crippen LogP contribution in [-0.4, -0.2) is 22.6 Å². The molecule has 2 amide bonds. The van der Waals surface area contributed by atoms with E-state index in [1.807, 2.05) is 61.5 Å². The van der Waals surface area contributed by atoms with Crippen molar-refractivity contribution in [1.82, 2.24) is 4.90 Å². The molecule has 3 nitrogen and oxygen atoms in total. The zero-order valence-electron chi connectivity index (χ0n) is 12.9.